The van der Waals surface area contributed by atoms with Crippen molar-refractivity contribution in [2.45, 2.75) is 11.6 Å². The Labute approximate surface area is 89.6 Å². The second-order valence-corrected chi connectivity index (χ2v) is 4.82. The van der Waals surface area contributed by atoms with Gasteiger partial charge in [0.05, 0.1) is 12.1 Å². The molecule has 1 spiro atoms. The van der Waals surface area contributed by atoms with E-state index in [2.05, 4.69) is 21.2 Å². The lowest BCUT2D eigenvalue weighted by molar-refractivity contribution is -0.0936. The van der Waals surface area contributed by atoms with E-state index in [4.69, 9.17) is 4.74 Å². The van der Waals surface area contributed by atoms with Crippen LogP contribution in [0.4, 0.5) is 4.39 Å². The average Bonchev–Trinajstić information content (AvgIpc) is 2.79. The van der Waals surface area contributed by atoms with Gasteiger partial charge in [-0.2, -0.15) is 0 Å². The summed E-state index contributed by atoms with van der Waals surface area (Å²) in [5.41, 5.74) is 1.03. The van der Waals surface area contributed by atoms with Crippen LogP contribution in [-0.4, -0.2) is 18.7 Å². The zero-order valence-electron chi connectivity index (χ0n) is 7.39. The third kappa shape index (κ3) is 1.21. The van der Waals surface area contributed by atoms with E-state index >= 15 is 0 Å². The Hall–Kier alpha value is -0.450. The van der Waals surface area contributed by atoms with Gasteiger partial charge in [-0.15, -0.1) is 0 Å². The summed E-state index contributed by atoms with van der Waals surface area (Å²) in [5, 5.41) is 3.27. The maximum Gasteiger partial charge on any atom is 0.124 e. The summed E-state index contributed by atoms with van der Waals surface area (Å²) in [6.45, 7) is 1.72. The van der Waals surface area contributed by atoms with Crippen molar-refractivity contribution in [3.63, 3.8) is 0 Å². The van der Waals surface area contributed by atoms with Crippen LogP contribution in [0.3, 0.4) is 0 Å². The molecule has 2 nitrogen and oxygen atoms in total. The Morgan fingerprint density at radius 3 is 2.79 bits per heavy atom. The van der Waals surface area contributed by atoms with E-state index in [9.17, 15) is 4.39 Å². The minimum absolute atomic E-state index is 0.0227. The zero-order chi connectivity index (χ0) is 9.76. The number of benzene rings is 1. The van der Waals surface area contributed by atoms with Gasteiger partial charge >= 0.3 is 0 Å². The molecule has 1 N–H and O–H groups in total. The minimum Gasteiger partial charge on any atom is -0.369 e. The van der Waals surface area contributed by atoms with Gasteiger partial charge in [0.15, 0.2) is 0 Å². The summed E-state index contributed by atoms with van der Waals surface area (Å²) in [4.78, 5) is 0. The molecule has 2 unspecified atom stereocenters. The van der Waals surface area contributed by atoms with Gasteiger partial charge in [-0.3, -0.25) is 0 Å². The van der Waals surface area contributed by atoms with Crippen molar-refractivity contribution in [3.8, 4) is 0 Å². The largest absolute Gasteiger partial charge is 0.369 e. The van der Waals surface area contributed by atoms with Crippen LogP contribution in [0.1, 0.15) is 11.7 Å². The molecule has 0 radical (unpaired) electrons. The van der Waals surface area contributed by atoms with E-state index in [-0.39, 0.29) is 17.5 Å². The van der Waals surface area contributed by atoms with Crippen LogP contribution in [0.2, 0.25) is 0 Å². The SMILES string of the molecule is Fc1cc(Br)cc(C2OCC23CN3)c1. The van der Waals surface area contributed by atoms with Gasteiger partial charge in [0.2, 0.25) is 0 Å². The van der Waals surface area contributed by atoms with Gasteiger partial charge in [0, 0.05) is 11.0 Å². The lowest BCUT2D eigenvalue weighted by atomic mass is 9.91. The van der Waals surface area contributed by atoms with Gasteiger partial charge in [-0.05, 0) is 23.8 Å². The predicted octanol–water partition coefficient (Wildman–Crippen LogP) is 2.00. The fraction of sp³-hybridized carbons (Fsp3) is 0.400. The molecule has 2 atom stereocenters. The lowest BCUT2D eigenvalue weighted by Crippen LogP contribution is -2.44. The molecule has 74 valence electrons. The van der Waals surface area contributed by atoms with E-state index < -0.39 is 0 Å². The third-order valence-corrected chi connectivity index (χ3v) is 3.29. The number of halogens is 2. The molecule has 2 aliphatic rings. The van der Waals surface area contributed by atoms with E-state index in [0.29, 0.717) is 0 Å². The van der Waals surface area contributed by atoms with E-state index in [0.717, 1.165) is 23.2 Å². The number of rotatable bonds is 1. The fourth-order valence-corrected chi connectivity index (χ4v) is 2.39. The van der Waals surface area contributed by atoms with Crippen molar-refractivity contribution in [3.05, 3.63) is 34.1 Å². The summed E-state index contributed by atoms with van der Waals surface area (Å²) in [5.74, 6) is -0.222. The molecule has 0 aliphatic carbocycles. The molecule has 0 bridgehead atoms. The summed E-state index contributed by atoms with van der Waals surface area (Å²) in [7, 11) is 0. The molecular weight excluding hydrogens is 249 g/mol. The monoisotopic (exact) mass is 257 g/mol. The minimum atomic E-state index is -0.222. The summed E-state index contributed by atoms with van der Waals surface area (Å²) in [6, 6.07) is 4.90. The molecule has 0 saturated carbocycles. The second kappa shape index (κ2) is 2.78. The first-order valence-electron chi connectivity index (χ1n) is 4.52. The van der Waals surface area contributed by atoms with Gasteiger partial charge < -0.3 is 10.1 Å². The summed E-state index contributed by atoms with van der Waals surface area (Å²) in [6.07, 6.45) is 0.0227. The van der Waals surface area contributed by atoms with Crippen LogP contribution < -0.4 is 5.32 Å². The number of hydrogen-bond acceptors (Lipinski definition) is 2. The van der Waals surface area contributed by atoms with Crippen molar-refractivity contribution in [1.29, 1.82) is 0 Å². The topological polar surface area (TPSA) is 31.2 Å². The number of nitrogens with one attached hydrogen (secondary N) is 1. The molecule has 1 aromatic carbocycles. The molecule has 2 aliphatic heterocycles. The molecule has 2 saturated heterocycles. The van der Waals surface area contributed by atoms with Gasteiger partial charge in [0.1, 0.15) is 11.9 Å². The van der Waals surface area contributed by atoms with E-state index in [1.54, 1.807) is 0 Å². The molecule has 3 rings (SSSR count). The van der Waals surface area contributed by atoms with Crippen molar-refractivity contribution in [1.82, 2.24) is 5.32 Å². The van der Waals surface area contributed by atoms with Crippen molar-refractivity contribution < 1.29 is 9.13 Å². The zero-order valence-corrected chi connectivity index (χ0v) is 8.97. The highest BCUT2D eigenvalue weighted by Crippen LogP contribution is 2.45. The van der Waals surface area contributed by atoms with Crippen LogP contribution in [0.5, 0.6) is 0 Å². The van der Waals surface area contributed by atoms with Gasteiger partial charge in [-0.1, -0.05) is 15.9 Å². The summed E-state index contributed by atoms with van der Waals surface area (Å²) < 4.78 is 19.3. The van der Waals surface area contributed by atoms with E-state index in [1.165, 1.54) is 12.1 Å². The van der Waals surface area contributed by atoms with Crippen molar-refractivity contribution in [2.24, 2.45) is 0 Å². The van der Waals surface area contributed by atoms with Gasteiger partial charge in [-0.25, -0.2) is 4.39 Å². The highest BCUT2D eigenvalue weighted by atomic mass is 79.9. The molecule has 1 aromatic rings. The third-order valence-electron chi connectivity index (χ3n) is 2.83. The molecule has 2 fully saturated rings. The Morgan fingerprint density at radius 1 is 1.50 bits per heavy atom. The first kappa shape index (κ1) is 8.83. The first-order valence-corrected chi connectivity index (χ1v) is 5.32. The fourth-order valence-electron chi connectivity index (χ4n) is 1.91. The van der Waals surface area contributed by atoms with Crippen molar-refractivity contribution >= 4 is 15.9 Å². The van der Waals surface area contributed by atoms with Crippen LogP contribution in [0.25, 0.3) is 0 Å². The van der Waals surface area contributed by atoms with Gasteiger partial charge in [0.25, 0.3) is 0 Å². The summed E-state index contributed by atoms with van der Waals surface area (Å²) >= 11 is 3.28. The van der Waals surface area contributed by atoms with Crippen molar-refractivity contribution in [2.75, 3.05) is 13.2 Å². The molecule has 2 heterocycles. The van der Waals surface area contributed by atoms with Crippen LogP contribution in [0.15, 0.2) is 22.7 Å². The molecule has 14 heavy (non-hydrogen) atoms. The smallest absolute Gasteiger partial charge is 0.124 e. The first-order chi connectivity index (χ1) is 6.70. The standard InChI is InChI=1S/C10H9BrFNO/c11-7-1-6(2-8(12)3-7)9-10(4-13-10)5-14-9/h1-3,9,13H,4-5H2. The Balaban J connectivity index is 1.96. The Bertz CT molecular complexity index is 371. The van der Waals surface area contributed by atoms with Crippen LogP contribution in [-0.2, 0) is 4.74 Å². The molecule has 0 amide bonds. The highest BCUT2D eigenvalue weighted by Gasteiger charge is 2.58. The lowest BCUT2D eigenvalue weighted by Gasteiger charge is -2.36. The van der Waals surface area contributed by atoms with Crippen LogP contribution in [0, 0.1) is 5.82 Å². The predicted molar refractivity (Wildman–Crippen MR) is 53.5 cm³/mol. The number of hydrogen-bond donors (Lipinski definition) is 1. The second-order valence-electron chi connectivity index (χ2n) is 3.90. The Morgan fingerprint density at radius 2 is 2.29 bits per heavy atom. The van der Waals surface area contributed by atoms with Crippen LogP contribution >= 0.6 is 15.9 Å². The number of ether oxygens (including phenoxy) is 1. The maximum absolute atomic E-state index is 13.1. The molecule has 4 heteroatoms. The average molecular weight is 258 g/mol. The molecule has 0 aromatic heterocycles. The highest BCUT2D eigenvalue weighted by molar-refractivity contribution is 9.10. The maximum atomic E-state index is 13.1. The normalized spacial score (nSPS) is 34.3. The molecular formula is C10H9BrFNO. The quantitative estimate of drug-likeness (QED) is 0.781. The Kier molecular flexibility index (Phi) is 1.75. The van der Waals surface area contributed by atoms with E-state index in [1.807, 2.05) is 6.07 Å².